The maximum absolute atomic E-state index is 13.7. The quantitative estimate of drug-likeness (QED) is 0.142. The van der Waals surface area contributed by atoms with Crippen molar-refractivity contribution in [2.24, 2.45) is 0 Å². The molecule has 0 bridgehead atoms. The van der Waals surface area contributed by atoms with Crippen LogP contribution in [0.4, 0.5) is 22.7 Å². The van der Waals surface area contributed by atoms with E-state index in [-0.39, 0.29) is 15.5 Å². The Morgan fingerprint density at radius 3 is 1.62 bits per heavy atom. The van der Waals surface area contributed by atoms with Gasteiger partial charge in [0.05, 0.1) is 50.5 Å². The lowest BCUT2D eigenvalue weighted by atomic mass is 10.2. The fourth-order valence-electron chi connectivity index (χ4n) is 3.88. The number of benzene rings is 4. The number of aromatic hydroxyl groups is 1. The van der Waals surface area contributed by atoms with Crippen LogP contribution in [0.5, 0.6) is 17.2 Å². The largest absolute Gasteiger partial charge is 0.507 e. The summed E-state index contributed by atoms with van der Waals surface area (Å²) in [4.78, 5) is 19.2. The first-order chi connectivity index (χ1) is 19.8. The van der Waals surface area contributed by atoms with Crippen LogP contribution in [0.15, 0.2) is 98.4 Å². The predicted molar refractivity (Wildman–Crippen MR) is 148 cm³/mol. The van der Waals surface area contributed by atoms with E-state index in [1.54, 1.807) is 0 Å². The molecule has 0 heterocycles. The Hall–Kier alpha value is -5.22. The lowest BCUT2D eigenvalue weighted by Crippen LogP contribution is -2.10. The fraction of sp³-hybridized carbons (Fsp3) is 0.0769. The van der Waals surface area contributed by atoms with E-state index in [1.807, 2.05) is 0 Å². The summed E-state index contributed by atoms with van der Waals surface area (Å²) in [6.07, 6.45) is 0. The molecule has 0 spiro atoms. The molecule has 0 radical (unpaired) electrons. The minimum atomic E-state index is -4.50. The summed E-state index contributed by atoms with van der Waals surface area (Å²) < 4.78 is 64.4. The SMILES string of the molecule is COc1ccc(S(=O)(=O)c2cc(Nc3ccc([N+](=O)[O-])cc3[N+](=O)[O-])c(S(=O)(=O)c3ccc(OC)cc3)cc2O)cc1. The maximum Gasteiger partial charge on any atom is 0.299 e. The van der Waals surface area contributed by atoms with E-state index in [4.69, 9.17) is 9.47 Å². The van der Waals surface area contributed by atoms with Gasteiger partial charge in [0.15, 0.2) is 0 Å². The molecule has 4 aromatic carbocycles. The Labute approximate surface area is 238 Å². The molecule has 0 aliphatic carbocycles. The number of nitrogens with one attached hydrogen (secondary N) is 1. The number of anilines is 2. The van der Waals surface area contributed by atoms with Crippen molar-refractivity contribution in [3.8, 4) is 17.2 Å². The van der Waals surface area contributed by atoms with Gasteiger partial charge in [-0.25, -0.2) is 16.8 Å². The molecule has 0 saturated heterocycles. The number of hydrogen-bond donors (Lipinski definition) is 2. The first-order valence-corrected chi connectivity index (χ1v) is 14.6. The number of methoxy groups -OCH3 is 2. The van der Waals surface area contributed by atoms with Gasteiger partial charge in [-0.1, -0.05) is 0 Å². The molecule has 42 heavy (non-hydrogen) atoms. The topological polar surface area (TPSA) is 205 Å². The van der Waals surface area contributed by atoms with E-state index in [2.05, 4.69) is 5.32 Å². The molecule has 4 aromatic rings. The Bertz CT molecular complexity index is 1910. The summed E-state index contributed by atoms with van der Waals surface area (Å²) >= 11 is 0. The highest BCUT2D eigenvalue weighted by atomic mass is 32.2. The highest BCUT2D eigenvalue weighted by Gasteiger charge is 2.30. The number of nitro benzene ring substituents is 2. The summed E-state index contributed by atoms with van der Waals surface area (Å²) in [7, 11) is -6.21. The molecule has 0 unspecified atom stereocenters. The molecule has 2 N–H and O–H groups in total. The molecule has 0 saturated carbocycles. The lowest BCUT2D eigenvalue weighted by Gasteiger charge is -2.17. The van der Waals surface area contributed by atoms with E-state index in [9.17, 15) is 42.2 Å². The van der Waals surface area contributed by atoms with Crippen molar-refractivity contribution < 1.29 is 41.3 Å². The first-order valence-electron chi connectivity index (χ1n) is 11.6. The highest BCUT2D eigenvalue weighted by molar-refractivity contribution is 7.92. The molecule has 0 aromatic heterocycles. The Morgan fingerprint density at radius 2 is 1.17 bits per heavy atom. The minimum absolute atomic E-state index is 0.267. The third-order valence-corrected chi connectivity index (χ3v) is 9.65. The number of phenolic OH excluding ortho intramolecular Hbond substituents is 1. The zero-order valence-electron chi connectivity index (χ0n) is 21.7. The zero-order valence-corrected chi connectivity index (χ0v) is 23.4. The molecule has 0 aliphatic rings. The smallest absolute Gasteiger partial charge is 0.299 e. The predicted octanol–water partition coefficient (Wildman–Crippen LogP) is 4.64. The van der Waals surface area contributed by atoms with Crippen molar-refractivity contribution in [1.82, 2.24) is 0 Å². The van der Waals surface area contributed by atoms with Crippen LogP contribution in [0.2, 0.25) is 0 Å². The molecule has 0 atom stereocenters. The summed E-state index contributed by atoms with van der Waals surface area (Å²) in [5, 5.41) is 36.3. The van der Waals surface area contributed by atoms with Crippen LogP contribution >= 0.6 is 0 Å². The van der Waals surface area contributed by atoms with Crippen LogP contribution in [0.25, 0.3) is 0 Å². The summed E-state index contributed by atoms with van der Waals surface area (Å²) in [6.45, 7) is 0. The third kappa shape index (κ3) is 5.65. The normalized spacial score (nSPS) is 11.5. The van der Waals surface area contributed by atoms with E-state index < -0.39 is 62.1 Å². The Kier molecular flexibility index (Phi) is 8.03. The number of nitro groups is 2. The van der Waals surface area contributed by atoms with Gasteiger partial charge in [0, 0.05) is 12.1 Å². The number of sulfone groups is 2. The van der Waals surface area contributed by atoms with Gasteiger partial charge >= 0.3 is 0 Å². The molecule has 14 nitrogen and oxygen atoms in total. The van der Waals surface area contributed by atoms with Gasteiger partial charge in [0.1, 0.15) is 27.8 Å². The molecule has 218 valence electrons. The van der Waals surface area contributed by atoms with Crippen LogP contribution in [-0.2, 0) is 19.7 Å². The number of ether oxygens (including phenoxy) is 2. The minimum Gasteiger partial charge on any atom is -0.507 e. The van der Waals surface area contributed by atoms with Crippen molar-refractivity contribution in [2.75, 3.05) is 19.5 Å². The van der Waals surface area contributed by atoms with Crippen molar-refractivity contribution in [3.63, 3.8) is 0 Å². The van der Waals surface area contributed by atoms with Gasteiger partial charge in [-0.2, -0.15) is 0 Å². The summed E-state index contributed by atoms with van der Waals surface area (Å²) in [6, 6.07) is 14.4. The van der Waals surface area contributed by atoms with Gasteiger partial charge < -0.3 is 19.9 Å². The molecule has 0 fully saturated rings. The average Bonchev–Trinajstić information content (AvgIpc) is 2.97. The maximum atomic E-state index is 13.7. The lowest BCUT2D eigenvalue weighted by molar-refractivity contribution is -0.393. The number of rotatable bonds is 10. The van der Waals surface area contributed by atoms with Gasteiger partial charge in [-0.05, 0) is 60.7 Å². The van der Waals surface area contributed by atoms with Crippen LogP contribution < -0.4 is 14.8 Å². The van der Waals surface area contributed by atoms with E-state index in [0.717, 1.165) is 18.2 Å². The van der Waals surface area contributed by atoms with Gasteiger partial charge in [0.25, 0.3) is 11.4 Å². The van der Waals surface area contributed by atoms with Crippen LogP contribution in [0.1, 0.15) is 0 Å². The highest BCUT2D eigenvalue weighted by Crippen LogP contribution is 2.41. The first kappa shape index (κ1) is 29.8. The number of non-ortho nitro benzene ring substituents is 1. The van der Waals surface area contributed by atoms with Gasteiger partial charge in [0.2, 0.25) is 19.7 Å². The van der Waals surface area contributed by atoms with E-state index in [1.165, 1.54) is 62.8 Å². The second-order valence-electron chi connectivity index (χ2n) is 8.51. The number of hydrogen-bond acceptors (Lipinski definition) is 12. The zero-order chi connectivity index (χ0) is 30.8. The van der Waals surface area contributed by atoms with Crippen molar-refractivity contribution in [3.05, 3.63) is 99.1 Å². The van der Waals surface area contributed by atoms with Crippen LogP contribution in [0.3, 0.4) is 0 Å². The summed E-state index contributed by atoms with van der Waals surface area (Å²) in [5.41, 5.74) is -2.24. The number of nitrogens with zero attached hydrogens (tertiary/aromatic N) is 2. The molecular formula is C26H21N3O11S2. The molecule has 4 rings (SSSR count). The monoisotopic (exact) mass is 615 g/mol. The Balaban J connectivity index is 1.96. The van der Waals surface area contributed by atoms with Crippen molar-refractivity contribution >= 4 is 42.4 Å². The molecule has 0 amide bonds. The van der Waals surface area contributed by atoms with E-state index >= 15 is 0 Å². The third-order valence-electron chi connectivity index (χ3n) is 6.04. The van der Waals surface area contributed by atoms with Gasteiger partial charge in [-0.3, -0.25) is 20.2 Å². The van der Waals surface area contributed by atoms with Gasteiger partial charge in [-0.15, -0.1) is 0 Å². The van der Waals surface area contributed by atoms with Crippen molar-refractivity contribution in [1.29, 1.82) is 0 Å². The average molecular weight is 616 g/mol. The molecule has 16 heteroatoms. The molecular weight excluding hydrogens is 594 g/mol. The van der Waals surface area contributed by atoms with Crippen LogP contribution in [0, 0.1) is 20.2 Å². The van der Waals surface area contributed by atoms with Crippen LogP contribution in [-0.4, -0.2) is 46.0 Å². The Morgan fingerprint density at radius 1 is 0.667 bits per heavy atom. The number of phenols is 1. The van der Waals surface area contributed by atoms with Crippen molar-refractivity contribution in [2.45, 2.75) is 19.6 Å². The standard InChI is InChI=1S/C26H21N3O11S2/c1-39-17-4-8-19(9-5-17)41(35,36)25-15-24(30)26(42(37,38)20-10-6-18(40-2)7-11-20)14-22(25)27-21-12-3-16(28(31)32)13-23(21)29(33)34/h3-15,27,30H,1-2H3. The second-order valence-corrected chi connectivity index (χ2v) is 12.4. The fourth-order valence-corrected chi connectivity index (χ4v) is 6.65. The second kappa shape index (κ2) is 11.3. The molecule has 0 aliphatic heterocycles. The summed E-state index contributed by atoms with van der Waals surface area (Å²) in [5.74, 6) is -0.217. The van der Waals surface area contributed by atoms with E-state index in [0.29, 0.717) is 23.6 Å².